The summed E-state index contributed by atoms with van der Waals surface area (Å²) < 4.78 is 51.8. The Morgan fingerprint density at radius 2 is 1.85 bits per heavy atom. The Morgan fingerprint density at radius 3 is 2.41 bits per heavy atom. The van der Waals surface area contributed by atoms with Crippen LogP contribution in [0.4, 0.5) is 18.0 Å². The van der Waals surface area contributed by atoms with Crippen LogP contribution in [0.5, 0.6) is 0 Å². The van der Waals surface area contributed by atoms with Crippen LogP contribution in [0.3, 0.4) is 0 Å². The smallest absolute Gasteiger partial charge is 0.411 e. The fourth-order valence-corrected chi connectivity index (χ4v) is 3.06. The highest BCUT2D eigenvalue weighted by molar-refractivity contribution is 5.69. The molecule has 0 aromatic heterocycles. The van der Waals surface area contributed by atoms with Crippen molar-refractivity contribution < 1.29 is 32.5 Å². The average molecular weight is 389 g/mol. The first-order valence-electron chi connectivity index (χ1n) is 8.98. The van der Waals surface area contributed by atoms with Gasteiger partial charge in [-0.05, 0) is 57.7 Å². The first kappa shape index (κ1) is 21.5. The Kier molecular flexibility index (Phi) is 7.11. The van der Waals surface area contributed by atoms with Crippen molar-refractivity contribution in [2.45, 2.75) is 57.7 Å². The van der Waals surface area contributed by atoms with Gasteiger partial charge in [0, 0.05) is 6.61 Å². The van der Waals surface area contributed by atoms with Gasteiger partial charge in [0.05, 0.1) is 25.3 Å². The van der Waals surface area contributed by atoms with Crippen LogP contribution < -0.4 is 0 Å². The van der Waals surface area contributed by atoms with E-state index in [9.17, 15) is 18.0 Å². The molecular weight excluding hydrogens is 363 g/mol. The van der Waals surface area contributed by atoms with Crippen molar-refractivity contribution in [1.29, 1.82) is 0 Å². The Bertz CT molecular complexity index is 640. The summed E-state index contributed by atoms with van der Waals surface area (Å²) in [5.74, 6) is -4.20. The lowest BCUT2D eigenvalue weighted by molar-refractivity contribution is -0.0644. The number of carbonyl (C=O) groups excluding carboxylic acids is 1. The van der Waals surface area contributed by atoms with Crippen molar-refractivity contribution in [3.05, 3.63) is 35.1 Å². The van der Waals surface area contributed by atoms with Gasteiger partial charge in [-0.25, -0.2) is 18.0 Å². The molecule has 1 aromatic carbocycles. The molecule has 1 unspecified atom stereocenters. The summed E-state index contributed by atoms with van der Waals surface area (Å²) in [6.07, 6.45) is 1.10. The van der Waals surface area contributed by atoms with Crippen LogP contribution in [0, 0.1) is 17.5 Å². The van der Waals surface area contributed by atoms with Crippen LogP contribution in [0.1, 0.15) is 51.6 Å². The molecule has 2 rings (SSSR count). The fraction of sp³-hybridized carbons (Fsp3) is 0.632. The van der Waals surface area contributed by atoms with Crippen molar-refractivity contribution >= 4 is 6.09 Å². The predicted molar refractivity (Wildman–Crippen MR) is 92.7 cm³/mol. The van der Waals surface area contributed by atoms with Gasteiger partial charge in [-0.15, -0.1) is 0 Å². The summed E-state index contributed by atoms with van der Waals surface area (Å²) in [5.41, 5.74) is -0.654. The number of aliphatic hydroxyl groups is 1. The molecule has 27 heavy (non-hydrogen) atoms. The van der Waals surface area contributed by atoms with Gasteiger partial charge < -0.3 is 14.6 Å². The molecule has 1 saturated heterocycles. The minimum atomic E-state index is -1.56. The lowest BCUT2D eigenvalue weighted by atomic mass is 9.99. The number of amides is 1. The Morgan fingerprint density at radius 1 is 1.22 bits per heavy atom. The SMILES string of the molecule is CC(C)(C)OC(=O)N1C(c2cc(F)c(F)c(F)c2)COC[C@@H]1CCCCO. The molecule has 8 heteroatoms. The van der Waals surface area contributed by atoms with Crippen molar-refractivity contribution in [1.82, 2.24) is 4.90 Å². The van der Waals surface area contributed by atoms with E-state index < -0.39 is 35.2 Å². The maximum atomic E-state index is 13.7. The van der Waals surface area contributed by atoms with Crippen molar-refractivity contribution in [3.8, 4) is 0 Å². The van der Waals surface area contributed by atoms with Crippen LogP contribution in [0.2, 0.25) is 0 Å². The second kappa shape index (κ2) is 8.93. The Balaban J connectivity index is 2.35. The summed E-state index contributed by atoms with van der Waals surface area (Å²) >= 11 is 0. The van der Waals surface area contributed by atoms with Crippen molar-refractivity contribution in [3.63, 3.8) is 0 Å². The minimum absolute atomic E-state index is 0.0141. The molecule has 0 bridgehead atoms. The van der Waals surface area contributed by atoms with Gasteiger partial charge in [-0.3, -0.25) is 4.90 Å². The summed E-state index contributed by atoms with van der Waals surface area (Å²) in [5, 5.41) is 8.99. The van der Waals surface area contributed by atoms with E-state index in [2.05, 4.69) is 0 Å². The highest BCUT2D eigenvalue weighted by Crippen LogP contribution is 2.32. The number of ether oxygens (including phenoxy) is 2. The summed E-state index contributed by atoms with van der Waals surface area (Å²) in [6.45, 7) is 5.44. The van der Waals surface area contributed by atoms with Crippen LogP contribution >= 0.6 is 0 Å². The second-order valence-corrected chi connectivity index (χ2v) is 7.61. The molecule has 0 radical (unpaired) electrons. The highest BCUT2D eigenvalue weighted by Gasteiger charge is 2.38. The first-order chi connectivity index (χ1) is 12.6. The van der Waals surface area contributed by atoms with Crippen LogP contribution in [-0.2, 0) is 9.47 Å². The maximum Gasteiger partial charge on any atom is 0.411 e. The van der Waals surface area contributed by atoms with Crippen molar-refractivity contribution in [2.24, 2.45) is 0 Å². The predicted octanol–water partition coefficient (Wildman–Crippen LogP) is 3.94. The minimum Gasteiger partial charge on any atom is -0.444 e. The number of hydrogen-bond acceptors (Lipinski definition) is 4. The first-order valence-corrected chi connectivity index (χ1v) is 8.98. The molecule has 1 heterocycles. The third-order valence-corrected chi connectivity index (χ3v) is 4.26. The van der Waals surface area contributed by atoms with Gasteiger partial charge in [-0.1, -0.05) is 0 Å². The van der Waals surface area contributed by atoms with Crippen molar-refractivity contribution in [2.75, 3.05) is 19.8 Å². The third kappa shape index (κ3) is 5.59. The van der Waals surface area contributed by atoms with Gasteiger partial charge in [0.25, 0.3) is 0 Å². The topological polar surface area (TPSA) is 59.0 Å². The van der Waals surface area contributed by atoms with Gasteiger partial charge in [-0.2, -0.15) is 0 Å². The molecule has 152 valence electrons. The number of benzene rings is 1. The summed E-state index contributed by atoms with van der Waals surface area (Å²) in [7, 11) is 0. The second-order valence-electron chi connectivity index (χ2n) is 7.61. The standard InChI is InChI=1S/C19H26F3NO4/c1-19(2,3)27-18(25)23-13(6-4-5-7-24)10-26-11-16(23)12-8-14(20)17(22)15(21)9-12/h8-9,13,16,24H,4-7,10-11H2,1-3H3/t13-,16?/m0/s1. The zero-order valence-corrected chi connectivity index (χ0v) is 15.8. The monoisotopic (exact) mass is 389 g/mol. The van der Waals surface area contributed by atoms with E-state index in [1.54, 1.807) is 20.8 Å². The average Bonchev–Trinajstić information content (AvgIpc) is 2.57. The molecule has 0 aliphatic carbocycles. The number of hydrogen-bond donors (Lipinski definition) is 1. The quantitative estimate of drug-likeness (QED) is 0.612. The van der Waals surface area contributed by atoms with E-state index in [1.807, 2.05) is 0 Å². The van der Waals surface area contributed by atoms with E-state index in [-0.39, 0.29) is 31.4 Å². The Labute approximate surface area is 157 Å². The fourth-order valence-electron chi connectivity index (χ4n) is 3.06. The van der Waals surface area contributed by atoms with E-state index in [0.29, 0.717) is 19.3 Å². The van der Waals surface area contributed by atoms with Gasteiger partial charge >= 0.3 is 6.09 Å². The molecule has 2 atom stereocenters. The maximum absolute atomic E-state index is 13.7. The molecule has 0 spiro atoms. The van der Waals surface area contributed by atoms with Crippen LogP contribution in [0.15, 0.2) is 12.1 Å². The lowest BCUT2D eigenvalue weighted by Crippen LogP contribution is -2.52. The molecule has 1 fully saturated rings. The van der Waals surface area contributed by atoms with Gasteiger partial charge in [0.1, 0.15) is 5.60 Å². The molecule has 1 aromatic rings. The number of halogens is 3. The summed E-state index contributed by atoms with van der Waals surface area (Å²) in [4.78, 5) is 14.2. The number of rotatable bonds is 5. The largest absolute Gasteiger partial charge is 0.444 e. The van der Waals surface area contributed by atoms with E-state index >= 15 is 0 Å². The van der Waals surface area contributed by atoms with Gasteiger partial charge in [0.2, 0.25) is 0 Å². The normalized spacial score (nSPS) is 20.6. The van der Waals surface area contributed by atoms with Crippen LogP contribution in [-0.4, -0.2) is 47.6 Å². The van der Waals surface area contributed by atoms with E-state index in [1.165, 1.54) is 4.90 Å². The molecule has 5 nitrogen and oxygen atoms in total. The molecule has 0 saturated carbocycles. The number of unbranched alkanes of at least 4 members (excludes halogenated alkanes) is 1. The molecule has 1 amide bonds. The highest BCUT2D eigenvalue weighted by atomic mass is 19.2. The zero-order chi connectivity index (χ0) is 20.2. The number of carbonyl (C=O) groups is 1. The Hall–Kier alpha value is -1.80. The number of aliphatic hydroxyl groups excluding tert-OH is 1. The van der Waals surface area contributed by atoms with E-state index in [0.717, 1.165) is 12.1 Å². The molecule has 1 N–H and O–H groups in total. The third-order valence-electron chi connectivity index (χ3n) is 4.26. The molecular formula is C19H26F3NO4. The molecule has 1 aliphatic rings. The summed E-state index contributed by atoms with van der Waals surface area (Å²) in [6, 6.07) is 0.554. The van der Waals surface area contributed by atoms with Gasteiger partial charge in [0.15, 0.2) is 17.5 Å². The van der Waals surface area contributed by atoms with Crippen LogP contribution in [0.25, 0.3) is 0 Å². The lowest BCUT2D eigenvalue weighted by Gasteiger charge is -2.42. The number of morpholine rings is 1. The zero-order valence-electron chi connectivity index (χ0n) is 15.8. The number of nitrogens with zero attached hydrogens (tertiary/aromatic N) is 1. The molecule has 1 aliphatic heterocycles. The van der Waals surface area contributed by atoms with E-state index in [4.69, 9.17) is 14.6 Å².